The predicted molar refractivity (Wildman–Crippen MR) is 69.7 cm³/mol. The summed E-state index contributed by atoms with van der Waals surface area (Å²) in [6, 6.07) is 4.27. The normalized spacial score (nSPS) is 11.1. The molecule has 1 aromatic heterocycles. The van der Waals surface area contributed by atoms with E-state index in [1.54, 1.807) is 6.92 Å². The smallest absolute Gasteiger partial charge is 0.337 e. The van der Waals surface area contributed by atoms with Crippen LogP contribution in [0.2, 0.25) is 0 Å². The maximum absolute atomic E-state index is 12.2. The number of nitrogens with zero attached hydrogens (tertiary/aromatic N) is 2. The molecule has 106 valence electrons. The summed E-state index contributed by atoms with van der Waals surface area (Å²) in [7, 11) is -2.64. The van der Waals surface area contributed by atoms with E-state index in [2.05, 4.69) is 24.6 Å². The Morgan fingerprint density at radius 1 is 1.40 bits per heavy atom. The molecule has 2 aromatic rings. The van der Waals surface area contributed by atoms with E-state index in [9.17, 15) is 13.2 Å². The van der Waals surface area contributed by atoms with Crippen LogP contribution in [0.3, 0.4) is 0 Å². The van der Waals surface area contributed by atoms with E-state index < -0.39 is 16.0 Å². The van der Waals surface area contributed by atoms with Crippen molar-refractivity contribution in [3.05, 3.63) is 35.7 Å². The number of aromatic nitrogens is 3. The second kappa shape index (κ2) is 5.29. The lowest BCUT2D eigenvalue weighted by Crippen LogP contribution is -2.16. The summed E-state index contributed by atoms with van der Waals surface area (Å²) in [5.41, 5.74) is 0.640. The molecule has 0 unspecified atom stereocenters. The van der Waals surface area contributed by atoms with Gasteiger partial charge in [-0.2, -0.15) is 10.1 Å². The lowest BCUT2D eigenvalue weighted by Gasteiger charge is -2.09. The molecule has 2 rings (SSSR count). The van der Waals surface area contributed by atoms with Crippen LogP contribution in [0.15, 0.2) is 29.4 Å². The van der Waals surface area contributed by atoms with Gasteiger partial charge in [-0.25, -0.2) is 23.0 Å². The second-order valence-corrected chi connectivity index (χ2v) is 5.56. The van der Waals surface area contributed by atoms with Crippen molar-refractivity contribution in [1.29, 1.82) is 0 Å². The summed E-state index contributed by atoms with van der Waals surface area (Å²) in [4.78, 5) is 15.1. The third kappa shape index (κ3) is 2.77. The molecule has 20 heavy (non-hydrogen) atoms. The number of nitrogens with one attached hydrogen (secondary N) is 2. The quantitative estimate of drug-likeness (QED) is 0.803. The molecular formula is C11H12N4O4S. The molecule has 0 saturated carbocycles. The highest BCUT2D eigenvalue weighted by Gasteiger charge is 2.20. The van der Waals surface area contributed by atoms with Gasteiger partial charge in [0.15, 0.2) is 0 Å². The van der Waals surface area contributed by atoms with Crippen LogP contribution in [0.1, 0.15) is 15.9 Å². The minimum Gasteiger partial charge on any atom is -0.465 e. The van der Waals surface area contributed by atoms with Crippen LogP contribution in [-0.4, -0.2) is 36.7 Å². The fourth-order valence-corrected chi connectivity index (χ4v) is 2.81. The van der Waals surface area contributed by atoms with Crippen molar-refractivity contribution < 1.29 is 17.9 Å². The Morgan fingerprint density at radius 3 is 2.75 bits per heavy atom. The van der Waals surface area contributed by atoms with Crippen molar-refractivity contribution in [3.63, 3.8) is 0 Å². The molecule has 0 atom stereocenters. The van der Waals surface area contributed by atoms with Crippen LogP contribution < -0.4 is 4.72 Å². The van der Waals surface area contributed by atoms with Gasteiger partial charge in [0, 0.05) is 0 Å². The van der Waals surface area contributed by atoms with Gasteiger partial charge in [-0.15, -0.1) is 0 Å². The Hall–Kier alpha value is -2.42. The number of carbonyl (C=O) groups excluding carboxylic acids is 1. The Kier molecular flexibility index (Phi) is 3.70. The fourth-order valence-electron chi connectivity index (χ4n) is 1.57. The van der Waals surface area contributed by atoms with Crippen molar-refractivity contribution >= 4 is 21.9 Å². The molecular weight excluding hydrogens is 284 g/mol. The molecule has 0 aliphatic carbocycles. The van der Waals surface area contributed by atoms with Gasteiger partial charge in [-0.3, -0.25) is 0 Å². The molecule has 0 spiro atoms. The number of aryl methyl sites for hydroxylation is 1. The lowest BCUT2D eigenvalue weighted by atomic mass is 10.1. The molecule has 0 aliphatic heterocycles. The van der Waals surface area contributed by atoms with Gasteiger partial charge < -0.3 is 4.74 Å². The zero-order valence-electron chi connectivity index (χ0n) is 10.7. The maximum Gasteiger partial charge on any atom is 0.337 e. The second-order valence-electron chi connectivity index (χ2n) is 3.91. The first-order chi connectivity index (χ1) is 9.44. The number of methoxy groups -OCH3 is 1. The fraction of sp³-hybridized carbons (Fsp3) is 0.182. The first-order valence-corrected chi connectivity index (χ1v) is 6.99. The minimum atomic E-state index is -3.87. The number of rotatable bonds is 4. The lowest BCUT2D eigenvalue weighted by molar-refractivity contribution is 0.0600. The number of aromatic amines is 1. The minimum absolute atomic E-state index is 0.00660. The number of benzene rings is 1. The topological polar surface area (TPSA) is 114 Å². The Balaban J connectivity index is 2.42. The van der Waals surface area contributed by atoms with E-state index in [1.165, 1.54) is 31.6 Å². The van der Waals surface area contributed by atoms with Gasteiger partial charge in [0.25, 0.3) is 10.0 Å². The van der Waals surface area contributed by atoms with Crippen molar-refractivity contribution in [2.24, 2.45) is 0 Å². The van der Waals surface area contributed by atoms with Gasteiger partial charge in [0.05, 0.1) is 17.6 Å². The summed E-state index contributed by atoms with van der Waals surface area (Å²) in [5.74, 6) is -0.617. The summed E-state index contributed by atoms with van der Waals surface area (Å²) < 4.78 is 31.3. The number of sulfonamides is 1. The van der Waals surface area contributed by atoms with Crippen LogP contribution in [0.25, 0.3) is 0 Å². The van der Waals surface area contributed by atoms with Gasteiger partial charge in [0.2, 0.25) is 5.95 Å². The van der Waals surface area contributed by atoms with Crippen molar-refractivity contribution in [2.75, 3.05) is 11.8 Å². The van der Waals surface area contributed by atoms with Crippen molar-refractivity contribution in [3.8, 4) is 0 Å². The van der Waals surface area contributed by atoms with Crippen LogP contribution >= 0.6 is 0 Å². The van der Waals surface area contributed by atoms with Gasteiger partial charge in [0.1, 0.15) is 6.33 Å². The van der Waals surface area contributed by atoms with Crippen LogP contribution in [0.4, 0.5) is 5.95 Å². The third-order valence-electron chi connectivity index (χ3n) is 2.54. The Bertz CT molecular complexity index is 725. The van der Waals surface area contributed by atoms with Crippen LogP contribution in [-0.2, 0) is 14.8 Å². The SMILES string of the molecule is COC(=O)c1ccc(C)c(S(=O)(=O)Nc2ncn[nH]2)c1. The highest BCUT2D eigenvalue weighted by atomic mass is 32.2. The Morgan fingerprint density at radius 2 is 2.15 bits per heavy atom. The average molecular weight is 296 g/mol. The predicted octanol–water partition coefficient (Wildman–Crippen LogP) is 0.701. The first-order valence-electron chi connectivity index (χ1n) is 5.51. The standard InChI is InChI=1S/C11H12N4O4S/c1-7-3-4-8(10(16)19-2)5-9(7)20(17,18)15-11-12-6-13-14-11/h3-6H,1-2H3,(H2,12,13,14,15). The molecule has 9 heteroatoms. The van der Waals surface area contributed by atoms with E-state index in [0.29, 0.717) is 5.56 Å². The van der Waals surface area contributed by atoms with Gasteiger partial charge in [-0.1, -0.05) is 6.07 Å². The molecule has 0 radical (unpaired) electrons. The number of ether oxygens (including phenoxy) is 1. The summed E-state index contributed by atoms with van der Waals surface area (Å²) in [6.07, 6.45) is 1.18. The van der Waals surface area contributed by atoms with Crippen molar-refractivity contribution in [2.45, 2.75) is 11.8 Å². The van der Waals surface area contributed by atoms with Gasteiger partial charge >= 0.3 is 5.97 Å². The summed E-state index contributed by atoms with van der Waals surface area (Å²) >= 11 is 0. The highest BCUT2D eigenvalue weighted by molar-refractivity contribution is 7.92. The molecule has 1 heterocycles. The zero-order chi connectivity index (χ0) is 14.8. The van der Waals surface area contributed by atoms with Crippen LogP contribution in [0, 0.1) is 6.92 Å². The van der Waals surface area contributed by atoms with E-state index in [1.807, 2.05) is 0 Å². The third-order valence-corrected chi connectivity index (χ3v) is 4.03. The van der Waals surface area contributed by atoms with Crippen LogP contribution in [0.5, 0.6) is 0 Å². The van der Waals surface area contributed by atoms with E-state index >= 15 is 0 Å². The van der Waals surface area contributed by atoms with E-state index in [4.69, 9.17) is 0 Å². The number of H-pyrrole nitrogens is 1. The molecule has 2 N–H and O–H groups in total. The number of hydrogen-bond acceptors (Lipinski definition) is 6. The molecule has 0 fully saturated rings. The summed E-state index contributed by atoms with van der Waals surface area (Å²) in [6.45, 7) is 1.62. The number of carbonyl (C=O) groups is 1. The molecule has 0 saturated heterocycles. The molecule has 8 nitrogen and oxygen atoms in total. The molecule has 0 bridgehead atoms. The van der Waals surface area contributed by atoms with E-state index in [0.717, 1.165) is 0 Å². The summed E-state index contributed by atoms with van der Waals surface area (Å²) in [5, 5.41) is 5.93. The number of hydrogen-bond donors (Lipinski definition) is 2. The largest absolute Gasteiger partial charge is 0.465 e. The number of esters is 1. The first kappa shape index (κ1) is 14.0. The average Bonchev–Trinajstić information content (AvgIpc) is 2.90. The highest BCUT2D eigenvalue weighted by Crippen LogP contribution is 2.19. The molecule has 1 aromatic carbocycles. The van der Waals surface area contributed by atoms with Gasteiger partial charge in [-0.05, 0) is 24.6 Å². The molecule has 0 aliphatic rings. The molecule has 0 amide bonds. The number of anilines is 1. The zero-order valence-corrected chi connectivity index (χ0v) is 11.6. The monoisotopic (exact) mass is 296 g/mol. The maximum atomic E-state index is 12.2. The van der Waals surface area contributed by atoms with Crippen molar-refractivity contribution in [1.82, 2.24) is 15.2 Å². The Labute approximate surface area is 115 Å². The van der Waals surface area contributed by atoms with E-state index in [-0.39, 0.29) is 16.4 Å².